The molecule has 0 aliphatic rings. The van der Waals surface area contributed by atoms with Gasteiger partial charge in [0.2, 0.25) is 0 Å². The number of benzene rings is 1. The Hall–Kier alpha value is -3.21. The van der Waals surface area contributed by atoms with E-state index < -0.39 is 40.7 Å². The summed E-state index contributed by atoms with van der Waals surface area (Å²) in [5.74, 6) is -0.958. The van der Waals surface area contributed by atoms with Crippen molar-refractivity contribution >= 4 is 23.4 Å². The Morgan fingerprint density at radius 3 is 2.47 bits per heavy atom. The molecule has 1 aromatic carbocycles. The molecule has 0 atom stereocenters. The molecule has 0 fully saturated rings. The zero-order valence-corrected chi connectivity index (χ0v) is 16.6. The van der Waals surface area contributed by atoms with Crippen LogP contribution in [-0.2, 0) is 17.5 Å². The number of halogens is 4. The summed E-state index contributed by atoms with van der Waals surface area (Å²) in [7, 11) is 1.39. The van der Waals surface area contributed by atoms with Gasteiger partial charge in [-0.15, -0.1) is 0 Å². The van der Waals surface area contributed by atoms with Crippen molar-refractivity contribution in [2.75, 3.05) is 13.7 Å². The fraction of sp³-hybridized carbons (Fsp3) is 0.278. The molecule has 0 saturated carbocycles. The van der Waals surface area contributed by atoms with E-state index in [2.05, 4.69) is 5.43 Å². The number of methoxy groups -OCH3 is 1. The molecule has 2 amide bonds. The second kappa shape index (κ2) is 9.53. The zero-order chi connectivity index (χ0) is 22.5. The summed E-state index contributed by atoms with van der Waals surface area (Å²) in [5.41, 5.74) is 2.06. The van der Waals surface area contributed by atoms with Gasteiger partial charge in [0.05, 0.1) is 19.3 Å². The van der Waals surface area contributed by atoms with Crippen LogP contribution in [0.3, 0.4) is 0 Å². The normalized spacial score (nSPS) is 11.0. The van der Waals surface area contributed by atoms with Gasteiger partial charge in [-0.1, -0.05) is 11.6 Å². The lowest BCUT2D eigenvalue weighted by molar-refractivity contribution is -0.138. The van der Waals surface area contributed by atoms with E-state index >= 15 is 0 Å². The molecule has 12 heteroatoms. The lowest BCUT2D eigenvalue weighted by atomic mass is 10.2. The van der Waals surface area contributed by atoms with E-state index in [1.165, 1.54) is 25.3 Å². The minimum absolute atomic E-state index is 0.120. The van der Waals surface area contributed by atoms with E-state index in [-0.39, 0.29) is 5.56 Å². The van der Waals surface area contributed by atoms with Gasteiger partial charge in [-0.25, -0.2) is 0 Å². The van der Waals surface area contributed by atoms with Crippen LogP contribution >= 0.6 is 11.6 Å². The Morgan fingerprint density at radius 2 is 1.87 bits per heavy atom. The van der Waals surface area contributed by atoms with Gasteiger partial charge in [0.15, 0.2) is 11.5 Å². The molecule has 1 aromatic heterocycles. The van der Waals surface area contributed by atoms with Gasteiger partial charge in [-0.2, -0.15) is 13.2 Å². The molecule has 2 N–H and O–H groups in total. The third-order valence-corrected chi connectivity index (χ3v) is 4.00. The Balaban J connectivity index is 2.07. The van der Waals surface area contributed by atoms with Crippen molar-refractivity contribution < 1.29 is 32.2 Å². The number of alkyl halides is 3. The topological polar surface area (TPSA) is 98.7 Å². The van der Waals surface area contributed by atoms with Gasteiger partial charge >= 0.3 is 6.18 Å². The summed E-state index contributed by atoms with van der Waals surface area (Å²) >= 11 is 5.52. The SMILES string of the molecule is CCOc1ccc(C(=O)NNC(=O)Cn2cc(C(F)(F)F)cc(Cl)c2=O)cc1OC. The van der Waals surface area contributed by atoms with Crippen molar-refractivity contribution in [3.63, 3.8) is 0 Å². The highest BCUT2D eigenvalue weighted by atomic mass is 35.5. The first-order valence-corrected chi connectivity index (χ1v) is 8.81. The number of hydrazine groups is 1. The average Bonchev–Trinajstić information content (AvgIpc) is 2.69. The summed E-state index contributed by atoms with van der Waals surface area (Å²) in [6, 6.07) is 4.78. The highest BCUT2D eigenvalue weighted by Gasteiger charge is 2.32. The molecule has 0 unspecified atom stereocenters. The van der Waals surface area contributed by atoms with Crippen LogP contribution in [0, 0.1) is 0 Å². The lowest BCUT2D eigenvalue weighted by Crippen LogP contribution is -2.44. The molecule has 2 aromatic rings. The molecule has 0 aliphatic carbocycles. The van der Waals surface area contributed by atoms with E-state index in [1.807, 2.05) is 5.43 Å². The third kappa shape index (κ3) is 5.66. The van der Waals surface area contributed by atoms with Crippen LogP contribution in [0.5, 0.6) is 11.5 Å². The summed E-state index contributed by atoms with van der Waals surface area (Å²) in [6.45, 7) is 1.37. The van der Waals surface area contributed by atoms with E-state index in [0.29, 0.717) is 34.9 Å². The third-order valence-electron chi connectivity index (χ3n) is 3.72. The molecular formula is C18H17ClF3N3O5. The minimum atomic E-state index is -4.75. The number of pyridine rings is 1. The van der Waals surface area contributed by atoms with E-state index in [1.54, 1.807) is 6.92 Å². The van der Waals surface area contributed by atoms with Crippen molar-refractivity contribution in [3.05, 3.63) is 57.0 Å². The molecule has 2 rings (SSSR count). The maximum Gasteiger partial charge on any atom is 0.417 e. The molecule has 0 saturated heterocycles. The van der Waals surface area contributed by atoms with E-state index in [9.17, 15) is 27.6 Å². The van der Waals surface area contributed by atoms with Crippen LogP contribution in [0.15, 0.2) is 35.3 Å². The first-order valence-electron chi connectivity index (χ1n) is 8.44. The first kappa shape index (κ1) is 23.1. The fourth-order valence-electron chi connectivity index (χ4n) is 2.35. The smallest absolute Gasteiger partial charge is 0.417 e. The zero-order valence-electron chi connectivity index (χ0n) is 15.8. The fourth-order valence-corrected chi connectivity index (χ4v) is 2.57. The van der Waals surface area contributed by atoms with Gasteiger partial charge in [-0.05, 0) is 31.2 Å². The maximum absolute atomic E-state index is 12.8. The minimum Gasteiger partial charge on any atom is -0.493 e. The molecule has 8 nitrogen and oxygen atoms in total. The number of amides is 2. The number of ether oxygens (including phenoxy) is 2. The number of nitrogens with zero attached hydrogens (tertiary/aromatic N) is 1. The molecule has 0 radical (unpaired) electrons. The maximum atomic E-state index is 12.8. The summed E-state index contributed by atoms with van der Waals surface area (Å²) in [4.78, 5) is 36.0. The van der Waals surface area contributed by atoms with Crippen LogP contribution in [0.1, 0.15) is 22.8 Å². The quantitative estimate of drug-likeness (QED) is 0.662. The predicted octanol–water partition coefficient (Wildman–Crippen LogP) is 2.39. The predicted molar refractivity (Wildman–Crippen MR) is 100 cm³/mol. The molecule has 0 aliphatic heterocycles. The standard InChI is InChI=1S/C18H17ClF3N3O5/c1-3-30-13-5-4-10(6-14(13)29-2)16(27)24-23-15(26)9-25-8-11(18(20,21)22)7-12(19)17(25)28/h4-8H,3,9H2,1-2H3,(H,23,26)(H,24,27). The number of hydrogen-bond acceptors (Lipinski definition) is 5. The van der Waals surface area contributed by atoms with Gasteiger partial charge in [0, 0.05) is 11.8 Å². The second-order valence-electron chi connectivity index (χ2n) is 5.81. The van der Waals surface area contributed by atoms with Crippen LogP contribution in [0.4, 0.5) is 13.2 Å². The number of nitrogens with one attached hydrogen (secondary N) is 2. The number of carbonyl (C=O) groups excluding carboxylic acids is 2. The highest BCUT2D eigenvalue weighted by molar-refractivity contribution is 6.30. The summed E-state index contributed by atoms with van der Waals surface area (Å²) in [5, 5.41) is -0.692. The molecule has 162 valence electrons. The number of hydrogen-bond donors (Lipinski definition) is 2. The largest absolute Gasteiger partial charge is 0.493 e. The Kier molecular flexibility index (Phi) is 7.33. The Morgan fingerprint density at radius 1 is 1.17 bits per heavy atom. The highest BCUT2D eigenvalue weighted by Crippen LogP contribution is 2.30. The number of rotatable bonds is 6. The van der Waals surface area contributed by atoms with Crippen molar-refractivity contribution in [1.29, 1.82) is 0 Å². The molecular weight excluding hydrogens is 431 g/mol. The Bertz CT molecular complexity index is 1010. The first-order chi connectivity index (χ1) is 14.1. The van der Waals surface area contributed by atoms with Gasteiger partial charge in [0.1, 0.15) is 11.6 Å². The molecule has 1 heterocycles. The monoisotopic (exact) mass is 447 g/mol. The number of carbonyl (C=O) groups is 2. The average molecular weight is 448 g/mol. The van der Waals surface area contributed by atoms with E-state index in [0.717, 1.165) is 0 Å². The Labute approximate surface area is 173 Å². The van der Waals surface area contributed by atoms with E-state index in [4.69, 9.17) is 21.1 Å². The summed E-state index contributed by atoms with van der Waals surface area (Å²) in [6.07, 6.45) is -4.29. The van der Waals surface area contributed by atoms with Crippen molar-refractivity contribution in [1.82, 2.24) is 15.4 Å². The number of aromatic nitrogens is 1. The van der Waals surface area contributed by atoms with Crippen LogP contribution < -0.4 is 25.9 Å². The van der Waals surface area contributed by atoms with Crippen LogP contribution in [0.2, 0.25) is 5.02 Å². The van der Waals surface area contributed by atoms with Gasteiger partial charge in [0.25, 0.3) is 17.4 Å². The molecule has 0 bridgehead atoms. The lowest BCUT2D eigenvalue weighted by Gasteiger charge is -2.13. The van der Waals surface area contributed by atoms with Crippen molar-refractivity contribution in [3.8, 4) is 11.5 Å². The van der Waals surface area contributed by atoms with Crippen molar-refractivity contribution in [2.24, 2.45) is 0 Å². The van der Waals surface area contributed by atoms with Crippen LogP contribution in [-0.4, -0.2) is 30.1 Å². The molecule has 0 spiro atoms. The second-order valence-corrected chi connectivity index (χ2v) is 6.22. The van der Waals surface area contributed by atoms with Gasteiger partial charge in [-0.3, -0.25) is 25.2 Å². The molecule has 30 heavy (non-hydrogen) atoms. The van der Waals surface area contributed by atoms with Gasteiger partial charge < -0.3 is 14.0 Å². The van der Waals surface area contributed by atoms with Crippen molar-refractivity contribution in [2.45, 2.75) is 19.6 Å². The summed E-state index contributed by atoms with van der Waals surface area (Å²) < 4.78 is 49.5. The van der Waals surface area contributed by atoms with Crippen LogP contribution in [0.25, 0.3) is 0 Å².